The Labute approximate surface area is 115 Å². The maximum atomic E-state index is 13.6. The minimum Gasteiger partial charge on any atom is -0.294 e. The van der Waals surface area contributed by atoms with Gasteiger partial charge in [0.25, 0.3) is 0 Å². The van der Waals surface area contributed by atoms with Gasteiger partial charge < -0.3 is 0 Å². The van der Waals surface area contributed by atoms with E-state index in [1.165, 1.54) is 6.07 Å². The number of aryl methyl sites for hydroxylation is 2. The van der Waals surface area contributed by atoms with Gasteiger partial charge in [-0.1, -0.05) is 13.0 Å². The number of carbonyl (C=O) groups excluding carboxylic acids is 1. The first-order valence-corrected chi connectivity index (χ1v) is 6.32. The van der Waals surface area contributed by atoms with Crippen molar-refractivity contribution in [2.24, 2.45) is 0 Å². The normalized spacial score (nSPS) is 10.6. The molecule has 0 amide bonds. The first kappa shape index (κ1) is 14.2. The number of nitrogens with zero attached hydrogens (tertiary/aromatic N) is 2. The summed E-state index contributed by atoms with van der Waals surface area (Å²) in [6, 6.07) is 5.16. The highest BCUT2D eigenvalue weighted by Gasteiger charge is 2.17. The number of Topliss-reactive ketones (excluding diaryl/α,β-unsaturated/α-hetero) is 1. The standard InChI is InChI=1S/C15H14F2N2O/c1-3-14-11(7-9(2)18-19-14)15(20)8-10-12(16)5-4-6-13(10)17/h4-7H,3,8H2,1-2H3. The van der Waals surface area contributed by atoms with Gasteiger partial charge in [0.15, 0.2) is 5.78 Å². The zero-order valence-corrected chi connectivity index (χ0v) is 11.3. The van der Waals surface area contributed by atoms with Crippen LogP contribution >= 0.6 is 0 Å². The highest BCUT2D eigenvalue weighted by Crippen LogP contribution is 2.17. The molecule has 1 heterocycles. The van der Waals surface area contributed by atoms with E-state index in [0.29, 0.717) is 23.4 Å². The number of ketones is 1. The third kappa shape index (κ3) is 2.87. The second-order valence-corrected chi connectivity index (χ2v) is 4.50. The summed E-state index contributed by atoms with van der Waals surface area (Å²) in [7, 11) is 0. The molecule has 0 aliphatic heterocycles. The molecule has 0 aliphatic carbocycles. The molecule has 1 aromatic heterocycles. The number of halogens is 2. The zero-order valence-electron chi connectivity index (χ0n) is 11.3. The molecule has 0 spiro atoms. The van der Waals surface area contributed by atoms with E-state index in [9.17, 15) is 13.6 Å². The van der Waals surface area contributed by atoms with Gasteiger partial charge in [-0.3, -0.25) is 4.79 Å². The second-order valence-electron chi connectivity index (χ2n) is 4.50. The molecule has 0 radical (unpaired) electrons. The van der Waals surface area contributed by atoms with Crippen LogP contribution in [0.15, 0.2) is 24.3 Å². The topological polar surface area (TPSA) is 42.9 Å². The Bertz CT molecular complexity index is 636. The molecule has 0 N–H and O–H groups in total. The molecule has 2 aromatic rings. The summed E-state index contributed by atoms with van der Waals surface area (Å²) < 4.78 is 27.1. The average Bonchev–Trinajstić information content (AvgIpc) is 2.43. The lowest BCUT2D eigenvalue weighted by molar-refractivity contribution is 0.0989. The van der Waals surface area contributed by atoms with Crippen LogP contribution in [0.2, 0.25) is 0 Å². The third-order valence-corrected chi connectivity index (χ3v) is 3.03. The highest BCUT2D eigenvalue weighted by molar-refractivity contribution is 5.98. The number of hydrogen-bond donors (Lipinski definition) is 0. The van der Waals surface area contributed by atoms with E-state index in [0.717, 1.165) is 12.1 Å². The van der Waals surface area contributed by atoms with Gasteiger partial charge in [0.2, 0.25) is 0 Å². The smallest absolute Gasteiger partial charge is 0.169 e. The van der Waals surface area contributed by atoms with E-state index >= 15 is 0 Å². The van der Waals surface area contributed by atoms with Crippen molar-refractivity contribution in [3.63, 3.8) is 0 Å². The summed E-state index contributed by atoms with van der Waals surface area (Å²) >= 11 is 0. The summed E-state index contributed by atoms with van der Waals surface area (Å²) in [5.74, 6) is -1.78. The number of carbonyl (C=O) groups is 1. The van der Waals surface area contributed by atoms with Gasteiger partial charge in [-0.2, -0.15) is 10.2 Å². The molecule has 0 unspecified atom stereocenters. The van der Waals surface area contributed by atoms with E-state index < -0.39 is 11.6 Å². The van der Waals surface area contributed by atoms with Gasteiger partial charge in [0.05, 0.1) is 11.4 Å². The van der Waals surface area contributed by atoms with E-state index in [2.05, 4.69) is 10.2 Å². The van der Waals surface area contributed by atoms with Crippen LogP contribution in [0, 0.1) is 18.6 Å². The van der Waals surface area contributed by atoms with Crippen LogP contribution in [0.4, 0.5) is 8.78 Å². The van der Waals surface area contributed by atoms with E-state index in [1.54, 1.807) is 13.0 Å². The van der Waals surface area contributed by atoms with Gasteiger partial charge >= 0.3 is 0 Å². The Morgan fingerprint density at radius 3 is 2.45 bits per heavy atom. The molecular weight excluding hydrogens is 262 g/mol. The van der Waals surface area contributed by atoms with Crippen molar-refractivity contribution in [1.82, 2.24) is 10.2 Å². The minimum atomic E-state index is -0.713. The SMILES string of the molecule is CCc1nnc(C)cc1C(=O)Cc1c(F)cccc1F. The fraction of sp³-hybridized carbons (Fsp3) is 0.267. The van der Waals surface area contributed by atoms with Crippen molar-refractivity contribution in [1.29, 1.82) is 0 Å². The van der Waals surface area contributed by atoms with Crippen LogP contribution in [0.5, 0.6) is 0 Å². The lowest BCUT2D eigenvalue weighted by Gasteiger charge is -2.08. The Morgan fingerprint density at radius 2 is 1.85 bits per heavy atom. The summed E-state index contributed by atoms with van der Waals surface area (Å²) in [6.45, 7) is 3.56. The highest BCUT2D eigenvalue weighted by atomic mass is 19.1. The first-order valence-electron chi connectivity index (χ1n) is 6.32. The Hall–Kier alpha value is -2.17. The van der Waals surface area contributed by atoms with Crippen LogP contribution in [-0.2, 0) is 12.8 Å². The fourth-order valence-corrected chi connectivity index (χ4v) is 1.97. The molecule has 0 atom stereocenters. The maximum Gasteiger partial charge on any atom is 0.169 e. The van der Waals surface area contributed by atoms with Crippen LogP contribution < -0.4 is 0 Å². The number of benzene rings is 1. The van der Waals surface area contributed by atoms with Crippen LogP contribution in [-0.4, -0.2) is 16.0 Å². The third-order valence-electron chi connectivity index (χ3n) is 3.03. The van der Waals surface area contributed by atoms with Gasteiger partial charge in [-0.25, -0.2) is 8.78 Å². The molecule has 0 saturated carbocycles. The van der Waals surface area contributed by atoms with Crippen molar-refractivity contribution in [2.75, 3.05) is 0 Å². The Kier molecular flexibility index (Phi) is 4.17. The first-order chi connectivity index (χ1) is 9.52. The van der Waals surface area contributed by atoms with E-state index in [4.69, 9.17) is 0 Å². The van der Waals surface area contributed by atoms with E-state index in [1.807, 2.05) is 6.92 Å². The summed E-state index contributed by atoms with van der Waals surface area (Å²) in [5, 5.41) is 7.83. The van der Waals surface area contributed by atoms with Crippen LogP contribution in [0.1, 0.15) is 34.2 Å². The van der Waals surface area contributed by atoms with Crippen LogP contribution in [0.25, 0.3) is 0 Å². The van der Waals surface area contributed by atoms with Gasteiger partial charge in [0.1, 0.15) is 11.6 Å². The quantitative estimate of drug-likeness (QED) is 0.806. The lowest BCUT2D eigenvalue weighted by Crippen LogP contribution is -2.12. The molecule has 2 rings (SSSR count). The average molecular weight is 276 g/mol. The molecule has 0 saturated heterocycles. The maximum absolute atomic E-state index is 13.6. The second kappa shape index (κ2) is 5.86. The molecule has 20 heavy (non-hydrogen) atoms. The largest absolute Gasteiger partial charge is 0.294 e. The molecule has 3 nitrogen and oxygen atoms in total. The van der Waals surface area contributed by atoms with Crippen molar-refractivity contribution in [3.8, 4) is 0 Å². The fourth-order valence-electron chi connectivity index (χ4n) is 1.97. The lowest BCUT2D eigenvalue weighted by atomic mass is 10.00. The Morgan fingerprint density at radius 1 is 1.20 bits per heavy atom. The Balaban J connectivity index is 2.35. The predicted octanol–water partition coefficient (Wildman–Crippen LogP) is 3.05. The van der Waals surface area contributed by atoms with Gasteiger partial charge in [0, 0.05) is 17.5 Å². The molecular formula is C15H14F2N2O. The van der Waals surface area contributed by atoms with Crippen molar-refractivity contribution in [3.05, 3.63) is 58.4 Å². The van der Waals surface area contributed by atoms with Crippen LogP contribution in [0.3, 0.4) is 0 Å². The summed E-state index contributed by atoms with van der Waals surface area (Å²) in [5.41, 5.74) is 1.30. The van der Waals surface area contributed by atoms with Crippen molar-refractivity contribution in [2.45, 2.75) is 26.7 Å². The monoisotopic (exact) mass is 276 g/mol. The number of hydrogen-bond acceptors (Lipinski definition) is 3. The molecule has 0 fully saturated rings. The number of rotatable bonds is 4. The van der Waals surface area contributed by atoms with Crippen molar-refractivity contribution >= 4 is 5.78 Å². The molecule has 104 valence electrons. The van der Waals surface area contributed by atoms with E-state index in [-0.39, 0.29) is 17.8 Å². The molecule has 5 heteroatoms. The minimum absolute atomic E-state index is 0.214. The molecule has 1 aromatic carbocycles. The van der Waals surface area contributed by atoms with Gasteiger partial charge in [-0.05, 0) is 31.5 Å². The predicted molar refractivity (Wildman–Crippen MR) is 70.5 cm³/mol. The molecule has 0 bridgehead atoms. The summed E-state index contributed by atoms with van der Waals surface area (Å²) in [4.78, 5) is 12.2. The zero-order chi connectivity index (χ0) is 14.7. The number of aromatic nitrogens is 2. The van der Waals surface area contributed by atoms with Crippen molar-refractivity contribution < 1.29 is 13.6 Å². The summed E-state index contributed by atoms with van der Waals surface area (Å²) in [6.07, 6.45) is 0.213. The molecule has 0 aliphatic rings. The van der Waals surface area contributed by atoms with Gasteiger partial charge in [-0.15, -0.1) is 0 Å².